The number of thiophene rings is 4. The van der Waals surface area contributed by atoms with Crippen LogP contribution in [0.2, 0.25) is 0 Å². The van der Waals surface area contributed by atoms with E-state index in [4.69, 9.17) is 9.47 Å². The average molecular weight is 402 g/mol. The van der Waals surface area contributed by atoms with Gasteiger partial charge in [-0.05, 0) is 33.4 Å². The zero-order valence-corrected chi connectivity index (χ0v) is 18.2. The molecule has 4 aromatic rings. The Labute approximate surface area is 193 Å². The van der Waals surface area contributed by atoms with Crippen LogP contribution in [0.5, 0.6) is 11.5 Å². The maximum absolute atomic E-state index is 5.41. The fraction of sp³-hybridized carbons (Fsp3) is 0.111. The van der Waals surface area contributed by atoms with Crippen molar-refractivity contribution >= 4 is 45.3 Å². The van der Waals surface area contributed by atoms with Gasteiger partial charge in [0.05, 0.1) is 14.2 Å². The van der Waals surface area contributed by atoms with E-state index in [-0.39, 0.29) is 37.7 Å². The minimum atomic E-state index is 0. The maximum atomic E-state index is 5.41. The Bertz CT molecular complexity index is 889. The number of methoxy groups -OCH3 is 2. The van der Waals surface area contributed by atoms with Crippen LogP contribution in [0, 0.1) is 10.8 Å². The summed E-state index contributed by atoms with van der Waals surface area (Å²) in [6.45, 7) is 0. The molecule has 0 saturated heterocycles. The topological polar surface area (TPSA) is 18.5 Å². The Balaban J connectivity index is 0.00000121. The monoisotopic (exact) mass is 402 g/mol. The van der Waals surface area contributed by atoms with Crippen molar-refractivity contribution in [1.82, 2.24) is 0 Å². The summed E-state index contributed by atoms with van der Waals surface area (Å²) >= 11 is 6.74. The molecule has 8 heteroatoms. The summed E-state index contributed by atoms with van der Waals surface area (Å²) in [5.74, 6) is 1.78. The van der Waals surface area contributed by atoms with E-state index in [1.54, 1.807) is 59.6 Å². The van der Waals surface area contributed by atoms with E-state index in [1.165, 1.54) is 19.5 Å². The van der Waals surface area contributed by atoms with E-state index in [1.807, 2.05) is 12.1 Å². The molecule has 26 heavy (non-hydrogen) atoms. The molecule has 0 spiro atoms. The second-order valence-electron chi connectivity index (χ2n) is 4.85. The summed E-state index contributed by atoms with van der Waals surface area (Å²) < 4.78 is 10.8. The summed E-state index contributed by atoms with van der Waals surface area (Å²) in [4.78, 5) is 7.22. The van der Waals surface area contributed by atoms with Gasteiger partial charge in [0.1, 0.15) is 0 Å². The van der Waals surface area contributed by atoms with Crippen LogP contribution in [0.25, 0.3) is 29.3 Å². The van der Waals surface area contributed by atoms with Gasteiger partial charge in [-0.3, -0.25) is 22.7 Å². The van der Waals surface area contributed by atoms with Gasteiger partial charge in [-0.25, -0.2) is 0 Å². The molecule has 0 aromatic carbocycles. The molecular formula is C18H12Li2O2S4. The average Bonchev–Trinajstić information content (AvgIpc) is 3.40. The standard InChI is InChI=1S/C18H12O2S4.2Li/c1-19-11-7-9-21-17(11)15-5-3-13(23-15)14-4-6-16(24-14)18-12(20-2)8-10-22-18;;/h3-8H,1-2H3;;/q-2;2*+1. The minimum absolute atomic E-state index is 0. The second-order valence-corrected chi connectivity index (χ2v) is 8.71. The van der Waals surface area contributed by atoms with E-state index in [0.717, 1.165) is 21.3 Å². The first kappa shape index (κ1) is 21.9. The molecule has 0 unspecified atom stereocenters. The zero-order chi connectivity index (χ0) is 16.5. The normalized spacial score (nSPS) is 10.1. The molecule has 4 aromatic heterocycles. The molecule has 0 aliphatic rings. The number of hydrogen-bond donors (Lipinski definition) is 0. The van der Waals surface area contributed by atoms with Crippen LogP contribution in [0.15, 0.2) is 36.4 Å². The van der Waals surface area contributed by atoms with E-state index in [2.05, 4.69) is 35.0 Å². The predicted octanol–water partition coefficient (Wildman–Crippen LogP) is 0.559. The van der Waals surface area contributed by atoms with Crippen molar-refractivity contribution in [3.8, 4) is 40.8 Å². The van der Waals surface area contributed by atoms with Gasteiger partial charge in [0.25, 0.3) is 0 Å². The molecule has 0 N–H and O–H groups in total. The zero-order valence-electron chi connectivity index (χ0n) is 14.9. The van der Waals surface area contributed by atoms with Gasteiger partial charge in [0.15, 0.2) is 0 Å². The van der Waals surface area contributed by atoms with Crippen molar-refractivity contribution in [2.75, 3.05) is 14.2 Å². The molecule has 0 aliphatic carbocycles. The van der Waals surface area contributed by atoms with Crippen molar-refractivity contribution in [1.29, 1.82) is 0 Å². The Morgan fingerprint density at radius 3 is 1.42 bits per heavy atom. The molecule has 0 bridgehead atoms. The van der Waals surface area contributed by atoms with Crippen LogP contribution in [0.4, 0.5) is 0 Å². The molecule has 0 saturated carbocycles. The van der Waals surface area contributed by atoms with Crippen LogP contribution in [-0.2, 0) is 0 Å². The van der Waals surface area contributed by atoms with Gasteiger partial charge in [0.2, 0.25) is 0 Å². The van der Waals surface area contributed by atoms with Crippen LogP contribution in [0.3, 0.4) is 0 Å². The molecule has 0 aliphatic heterocycles. The van der Waals surface area contributed by atoms with Gasteiger partial charge in [-0.2, -0.15) is 0 Å². The van der Waals surface area contributed by atoms with E-state index >= 15 is 0 Å². The largest absolute Gasteiger partial charge is 1.00 e. The molecule has 4 rings (SSSR count). The molecule has 0 radical (unpaired) electrons. The van der Waals surface area contributed by atoms with Crippen molar-refractivity contribution in [2.24, 2.45) is 0 Å². The first-order valence-electron chi connectivity index (χ1n) is 7.08. The first-order valence-corrected chi connectivity index (χ1v) is 10.3. The van der Waals surface area contributed by atoms with Gasteiger partial charge in [-0.1, -0.05) is 21.9 Å². The second kappa shape index (κ2) is 9.69. The van der Waals surface area contributed by atoms with Gasteiger partial charge in [-0.15, -0.1) is 45.6 Å². The van der Waals surface area contributed by atoms with Crippen LogP contribution >= 0.6 is 45.3 Å². The first-order chi connectivity index (χ1) is 11.8. The fourth-order valence-corrected chi connectivity index (χ4v) is 6.23. The van der Waals surface area contributed by atoms with E-state index < -0.39 is 0 Å². The van der Waals surface area contributed by atoms with E-state index in [0.29, 0.717) is 0 Å². The molecule has 4 heterocycles. The number of rotatable bonds is 5. The van der Waals surface area contributed by atoms with Gasteiger partial charge >= 0.3 is 37.7 Å². The molecule has 0 atom stereocenters. The SMILES string of the molecule is COc1c[c-]sc1-c1ccc(-c2ccc(-c3s[c-]cc3OC)s2)s1.[Li+].[Li+]. The third-order valence-corrected chi connectivity index (χ3v) is 7.87. The van der Waals surface area contributed by atoms with Crippen LogP contribution in [0.1, 0.15) is 0 Å². The van der Waals surface area contributed by atoms with Gasteiger partial charge < -0.3 is 9.47 Å². The third-order valence-electron chi connectivity index (χ3n) is 3.49. The Hall–Kier alpha value is -0.405. The molecular weight excluding hydrogens is 390 g/mol. The Morgan fingerprint density at radius 2 is 1.04 bits per heavy atom. The Kier molecular flexibility index (Phi) is 8.16. The summed E-state index contributed by atoms with van der Waals surface area (Å²) in [5.41, 5.74) is 0. The molecule has 2 nitrogen and oxygen atoms in total. The predicted molar refractivity (Wildman–Crippen MR) is 105 cm³/mol. The molecule has 0 amide bonds. The summed E-state index contributed by atoms with van der Waals surface area (Å²) in [5, 5.41) is 6.28. The van der Waals surface area contributed by atoms with Crippen LogP contribution in [-0.4, -0.2) is 14.2 Å². The number of ether oxygens (including phenoxy) is 2. The van der Waals surface area contributed by atoms with Crippen molar-refractivity contribution < 1.29 is 47.2 Å². The maximum Gasteiger partial charge on any atom is 1.00 e. The minimum Gasteiger partial charge on any atom is -0.564 e. The van der Waals surface area contributed by atoms with Crippen LogP contribution < -0.4 is 47.2 Å². The summed E-state index contributed by atoms with van der Waals surface area (Å²) in [6.07, 6.45) is 0. The fourth-order valence-electron chi connectivity index (χ4n) is 2.35. The van der Waals surface area contributed by atoms with Gasteiger partial charge in [0, 0.05) is 9.75 Å². The molecule has 122 valence electrons. The number of hydrogen-bond acceptors (Lipinski definition) is 6. The van der Waals surface area contributed by atoms with E-state index in [9.17, 15) is 0 Å². The quantitative estimate of drug-likeness (QED) is 0.359. The van der Waals surface area contributed by atoms with Crippen molar-refractivity contribution in [3.63, 3.8) is 0 Å². The third kappa shape index (κ3) is 4.19. The molecule has 0 fully saturated rings. The van der Waals surface area contributed by atoms with Crippen molar-refractivity contribution in [3.05, 3.63) is 47.2 Å². The smallest absolute Gasteiger partial charge is 0.564 e. The summed E-state index contributed by atoms with van der Waals surface area (Å²) in [7, 11) is 3.40. The summed E-state index contributed by atoms with van der Waals surface area (Å²) in [6, 6.07) is 12.4. The Morgan fingerprint density at radius 1 is 0.654 bits per heavy atom. The van der Waals surface area contributed by atoms with Crippen molar-refractivity contribution in [2.45, 2.75) is 0 Å².